The van der Waals surface area contributed by atoms with E-state index < -0.39 is 0 Å². The van der Waals surface area contributed by atoms with Gasteiger partial charge in [0.1, 0.15) is 0 Å². The maximum Gasteiger partial charge on any atom is 0.0437 e. The number of hydrogen-bond acceptors (Lipinski definition) is 2. The predicted octanol–water partition coefficient (Wildman–Crippen LogP) is 1.91. The molecule has 2 bridgehead atoms. The number of aliphatic hydroxyl groups excluding tert-OH is 1. The molecular weight excluding hydrogens is 174 g/mol. The Morgan fingerprint density at radius 3 is 2.71 bits per heavy atom. The van der Waals surface area contributed by atoms with Gasteiger partial charge in [0.25, 0.3) is 0 Å². The summed E-state index contributed by atoms with van der Waals surface area (Å²) in [6.45, 7) is 2.49. The second-order valence-electron chi connectivity index (χ2n) is 5.30. The van der Waals surface area contributed by atoms with Crippen LogP contribution in [0.25, 0.3) is 0 Å². The summed E-state index contributed by atoms with van der Waals surface area (Å²) in [6, 6.07) is 0.310. The average molecular weight is 197 g/mol. The molecule has 0 aromatic heterocycles. The molecule has 2 saturated carbocycles. The van der Waals surface area contributed by atoms with Crippen LogP contribution >= 0.6 is 0 Å². The first-order chi connectivity index (χ1) is 6.73. The topological polar surface area (TPSA) is 46.2 Å². The molecule has 2 aliphatic rings. The smallest absolute Gasteiger partial charge is 0.0437 e. The van der Waals surface area contributed by atoms with Crippen molar-refractivity contribution in [3.8, 4) is 0 Å². The van der Waals surface area contributed by atoms with E-state index in [0.29, 0.717) is 18.1 Å². The predicted molar refractivity (Wildman–Crippen MR) is 57.9 cm³/mol. The number of aliphatic hydroxyl groups is 1. The van der Waals surface area contributed by atoms with E-state index in [1.807, 2.05) is 0 Å². The lowest BCUT2D eigenvalue weighted by Gasteiger charge is -2.42. The minimum atomic E-state index is 0.298. The minimum Gasteiger partial charge on any atom is -0.396 e. The highest BCUT2D eigenvalue weighted by atomic mass is 16.3. The van der Waals surface area contributed by atoms with Crippen LogP contribution in [-0.2, 0) is 0 Å². The van der Waals surface area contributed by atoms with Crippen LogP contribution in [0.3, 0.4) is 0 Å². The lowest BCUT2D eigenvalue weighted by molar-refractivity contribution is 0.0774. The van der Waals surface area contributed by atoms with Gasteiger partial charge in [-0.3, -0.25) is 0 Å². The zero-order valence-corrected chi connectivity index (χ0v) is 9.21. The fraction of sp³-hybridized carbons (Fsp3) is 1.00. The number of nitrogens with two attached hydrogens (primary N) is 1. The first-order valence-corrected chi connectivity index (χ1v) is 6.09. The van der Waals surface area contributed by atoms with E-state index in [-0.39, 0.29) is 0 Å². The molecule has 2 rings (SSSR count). The quantitative estimate of drug-likeness (QED) is 0.723. The maximum absolute atomic E-state index is 9.21. The summed E-state index contributed by atoms with van der Waals surface area (Å²) < 4.78 is 0. The van der Waals surface area contributed by atoms with Crippen molar-refractivity contribution in [2.24, 2.45) is 23.0 Å². The van der Waals surface area contributed by atoms with Crippen molar-refractivity contribution in [3.63, 3.8) is 0 Å². The molecule has 0 spiro atoms. The van der Waals surface area contributed by atoms with E-state index in [0.717, 1.165) is 24.7 Å². The summed E-state index contributed by atoms with van der Waals surface area (Å²) in [5.41, 5.74) is 6.57. The van der Waals surface area contributed by atoms with Gasteiger partial charge in [0, 0.05) is 12.6 Å². The van der Waals surface area contributed by atoms with Crippen LogP contribution < -0.4 is 5.73 Å². The third kappa shape index (κ3) is 1.40. The van der Waals surface area contributed by atoms with Crippen LogP contribution in [0.1, 0.15) is 45.4 Å². The van der Waals surface area contributed by atoms with Crippen molar-refractivity contribution in [2.45, 2.75) is 51.5 Å². The summed E-state index contributed by atoms with van der Waals surface area (Å²) in [4.78, 5) is 0. The zero-order chi connectivity index (χ0) is 10.2. The van der Waals surface area contributed by atoms with Crippen molar-refractivity contribution in [1.29, 1.82) is 0 Å². The Bertz CT molecular complexity index is 206. The van der Waals surface area contributed by atoms with E-state index >= 15 is 0 Å². The molecular formula is C12H23NO. The van der Waals surface area contributed by atoms with Crippen molar-refractivity contribution >= 4 is 0 Å². The van der Waals surface area contributed by atoms with E-state index in [2.05, 4.69) is 6.92 Å². The van der Waals surface area contributed by atoms with Gasteiger partial charge in [-0.25, -0.2) is 0 Å². The maximum atomic E-state index is 9.21. The molecule has 0 aromatic carbocycles. The van der Waals surface area contributed by atoms with Crippen molar-refractivity contribution in [3.05, 3.63) is 0 Å². The SMILES string of the molecule is CCC(N)C1(CCO)CC2CCC1C2. The zero-order valence-electron chi connectivity index (χ0n) is 9.21. The van der Waals surface area contributed by atoms with Crippen LogP contribution in [0.2, 0.25) is 0 Å². The molecule has 3 N–H and O–H groups in total. The third-order valence-corrected chi connectivity index (χ3v) is 4.78. The summed E-state index contributed by atoms with van der Waals surface area (Å²) in [5.74, 6) is 1.73. The Balaban J connectivity index is 2.15. The summed E-state index contributed by atoms with van der Waals surface area (Å²) in [7, 11) is 0. The molecule has 4 atom stereocenters. The van der Waals surface area contributed by atoms with Crippen LogP contribution in [-0.4, -0.2) is 17.8 Å². The van der Waals surface area contributed by atoms with E-state index in [4.69, 9.17) is 5.73 Å². The molecule has 2 fully saturated rings. The first kappa shape index (κ1) is 10.4. The van der Waals surface area contributed by atoms with Crippen LogP contribution in [0.15, 0.2) is 0 Å². The summed E-state index contributed by atoms with van der Waals surface area (Å²) >= 11 is 0. The molecule has 2 aliphatic carbocycles. The van der Waals surface area contributed by atoms with Gasteiger partial charge in [0.05, 0.1) is 0 Å². The van der Waals surface area contributed by atoms with Crippen LogP contribution in [0.5, 0.6) is 0 Å². The van der Waals surface area contributed by atoms with E-state index in [1.54, 1.807) is 0 Å². The Labute approximate surface area is 86.9 Å². The van der Waals surface area contributed by atoms with Gasteiger partial charge >= 0.3 is 0 Å². The Morgan fingerprint density at radius 1 is 1.50 bits per heavy atom. The van der Waals surface area contributed by atoms with Gasteiger partial charge < -0.3 is 10.8 Å². The molecule has 82 valence electrons. The van der Waals surface area contributed by atoms with Gasteiger partial charge in [-0.05, 0) is 49.4 Å². The summed E-state index contributed by atoms with van der Waals surface area (Å²) in [5, 5.41) is 9.21. The van der Waals surface area contributed by atoms with Gasteiger partial charge in [-0.15, -0.1) is 0 Å². The second-order valence-corrected chi connectivity index (χ2v) is 5.30. The molecule has 0 aliphatic heterocycles. The molecule has 2 nitrogen and oxygen atoms in total. The minimum absolute atomic E-state index is 0.298. The van der Waals surface area contributed by atoms with Crippen molar-refractivity contribution < 1.29 is 5.11 Å². The normalized spacial score (nSPS) is 43.1. The largest absolute Gasteiger partial charge is 0.396 e. The second kappa shape index (κ2) is 3.82. The standard InChI is InChI=1S/C12H23NO/c1-2-11(13)12(5-6-14)8-9-3-4-10(12)7-9/h9-11,14H,2-8,13H2,1H3. The molecule has 4 unspecified atom stereocenters. The van der Waals surface area contributed by atoms with Crippen molar-refractivity contribution in [2.75, 3.05) is 6.61 Å². The average Bonchev–Trinajstić information content (AvgIpc) is 2.77. The van der Waals surface area contributed by atoms with Crippen LogP contribution in [0, 0.1) is 17.3 Å². The Morgan fingerprint density at radius 2 is 2.29 bits per heavy atom. The molecule has 2 heteroatoms. The van der Waals surface area contributed by atoms with Gasteiger partial charge in [0.15, 0.2) is 0 Å². The van der Waals surface area contributed by atoms with Gasteiger partial charge in [-0.2, -0.15) is 0 Å². The van der Waals surface area contributed by atoms with Crippen LogP contribution in [0.4, 0.5) is 0 Å². The highest BCUT2D eigenvalue weighted by Crippen LogP contribution is 2.59. The van der Waals surface area contributed by atoms with Gasteiger partial charge in [-0.1, -0.05) is 13.3 Å². The first-order valence-electron chi connectivity index (χ1n) is 6.09. The number of rotatable bonds is 4. The molecule has 14 heavy (non-hydrogen) atoms. The van der Waals surface area contributed by atoms with Crippen molar-refractivity contribution in [1.82, 2.24) is 0 Å². The fourth-order valence-corrected chi connectivity index (χ4v) is 4.05. The molecule has 0 saturated heterocycles. The molecule has 0 amide bonds. The molecule has 0 heterocycles. The number of fused-ring (bicyclic) bond motifs is 2. The monoisotopic (exact) mass is 197 g/mol. The molecule has 0 aromatic rings. The number of hydrogen-bond donors (Lipinski definition) is 2. The lowest BCUT2D eigenvalue weighted by atomic mass is 9.65. The molecule has 0 radical (unpaired) electrons. The highest BCUT2D eigenvalue weighted by Gasteiger charge is 2.52. The Hall–Kier alpha value is -0.0800. The highest BCUT2D eigenvalue weighted by molar-refractivity contribution is 5.04. The Kier molecular flexibility index (Phi) is 2.85. The summed E-state index contributed by atoms with van der Waals surface area (Å²) in [6.07, 6.45) is 7.43. The van der Waals surface area contributed by atoms with E-state index in [1.165, 1.54) is 25.7 Å². The van der Waals surface area contributed by atoms with Gasteiger partial charge in [0.2, 0.25) is 0 Å². The fourth-order valence-electron chi connectivity index (χ4n) is 4.05. The van der Waals surface area contributed by atoms with E-state index in [9.17, 15) is 5.11 Å². The lowest BCUT2D eigenvalue weighted by Crippen LogP contribution is -2.45. The third-order valence-electron chi connectivity index (χ3n) is 4.78.